The number of carbonyl (C=O) groups excluding carboxylic acids is 1. The fourth-order valence-corrected chi connectivity index (χ4v) is 2.16. The standard InChI is InChI=1S/C16H14N2O3/c1-20-14-5-3-2-4-11(14)8-16(19)18-12-6-7-13-15(9-12)21-10-17-13/h2-7,9-10H,8H2,1H3,(H,18,19). The molecule has 0 saturated heterocycles. The molecule has 3 rings (SSSR count). The summed E-state index contributed by atoms with van der Waals surface area (Å²) >= 11 is 0. The molecule has 0 spiro atoms. The first-order valence-electron chi connectivity index (χ1n) is 6.51. The Bertz CT molecular complexity index is 780. The zero-order valence-electron chi connectivity index (χ0n) is 11.5. The van der Waals surface area contributed by atoms with E-state index in [0.29, 0.717) is 17.0 Å². The Morgan fingerprint density at radius 3 is 3.00 bits per heavy atom. The monoisotopic (exact) mass is 282 g/mol. The van der Waals surface area contributed by atoms with Gasteiger partial charge in [0.15, 0.2) is 12.0 Å². The highest BCUT2D eigenvalue weighted by Gasteiger charge is 2.09. The van der Waals surface area contributed by atoms with Crippen LogP contribution in [0.15, 0.2) is 53.3 Å². The fraction of sp³-hybridized carbons (Fsp3) is 0.125. The van der Waals surface area contributed by atoms with E-state index in [-0.39, 0.29) is 12.3 Å². The third-order valence-corrected chi connectivity index (χ3v) is 3.16. The van der Waals surface area contributed by atoms with E-state index in [1.165, 1.54) is 6.39 Å². The molecule has 0 fully saturated rings. The first kappa shape index (κ1) is 13.2. The average Bonchev–Trinajstić information content (AvgIpc) is 2.95. The Balaban J connectivity index is 1.73. The van der Waals surface area contributed by atoms with Gasteiger partial charge in [-0.1, -0.05) is 18.2 Å². The van der Waals surface area contributed by atoms with Crippen molar-refractivity contribution in [2.45, 2.75) is 6.42 Å². The van der Waals surface area contributed by atoms with Crippen molar-refractivity contribution >= 4 is 22.7 Å². The Kier molecular flexibility index (Phi) is 3.55. The van der Waals surface area contributed by atoms with Gasteiger partial charge >= 0.3 is 0 Å². The number of nitrogens with zero attached hydrogens (tertiary/aromatic N) is 1. The number of ether oxygens (including phenoxy) is 1. The summed E-state index contributed by atoms with van der Waals surface area (Å²) < 4.78 is 10.5. The van der Waals surface area contributed by atoms with E-state index in [2.05, 4.69) is 10.3 Å². The average molecular weight is 282 g/mol. The van der Waals surface area contributed by atoms with Crippen molar-refractivity contribution < 1.29 is 13.9 Å². The van der Waals surface area contributed by atoms with E-state index in [9.17, 15) is 4.79 Å². The Labute approximate surface area is 121 Å². The number of benzene rings is 2. The molecule has 1 amide bonds. The van der Waals surface area contributed by atoms with Crippen LogP contribution in [-0.2, 0) is 11.2 Å². The van der Waals surface area contributed by atoms with Crippen molar-refractivity contribution in [1.82, 2.24) is 4.98 Å². The number of nitrogens with one attached hydrogen (secondary N) is 1. The summed E-state index contributed by atoms with van der Waals surface area (Å²) in [4.78, 5) is 16.1. The first-order chi connectivity index (χ1) is 10.3. The molecule has 21 heavy (non-hydrogen) atoms. The van der Waals surface area contributed by atoms with E-state index >= 15 is 0 Å². The van der Waals surface area contributed by atoms with E-state index in [4.69, 9.17) is 9.15 Å². The predicted octanol–water partition coefficient (Wildman–Crippen LogP) is 3.02. The van der Waals surface area contributed by atoms with Gasteiger partial charge in [-0.05, 0) is 18.2 Å². The molecule has 106 valence electrons. The van der Waals surface area contributed by atoms with Crippen LogP contribution in [0.3, 0.4) is 0 Å². The minimum atomic E-state index is -0.113. The number of fused-ring (bicyclic) bond motifs is 1. The molecule has 3 aromatic rings. The highest BCUT2D eigenvalue weighted by atomic mass is 16.5. The Morgan fingerprint density at radius 2 is 2.14 bits per heavy atom. The quantitative estimate of drug-likeness (QED) is 0.799. The number of hydrogen-bond donors (Lipinski definition) is 1. The van der Waals surface area contributed by atoms with Crippen LogP contribution in [-0.4, -0.2) is 18.0 Å². The van der Waals surface area contributed by atoms with Crippen LogP contribution in [0.4, 0.5) is 5.69 Å². The van der Waals surface area contributed by atoms with Gasteiger partial charge in [0.1, 0.15) is 11.3 Å². The minimum Gasteiger partial charge on any atom is -0.496 e. The Morgan fingerprint density at radius 1 is 1.29 bits per heavy atom. The van der Waals surface area contributed by atoms with Gasteiger partial charge in [0.25, 0.3) is 0 Å². The highest BCUT2D eigenvalue weighted by Crippen LogP contribution is 2.20. The van der Waals surface area contributed by atoms with E-state index in [0.717, 1.165) is 11.1 Å². The largest absolute Gasteiger partial charge is 0.496 e. The molecular formula is C16H14N2O3. The smallest absolute Gasteiger partial charge is 0.228 e. The molecule has 0 aliphatic carbocycles. The maximum atomic E-state index is 12.1. The van der Waals surface area contributed by atoms with Crippen molar-refractivity contribution in [3.63, 3.8) is 0 Å². The molecule has 5 heteroatoms. The second-order valence-electron chi connectivity index (χ2n) is 4.57. The second kappa shape index (κ2) is 5.66. The molecule has 5 nitrogen and oxygen atoms in total. The predicted molar refractivity (Wildman–Crippen MR) is 79.3 cm³/mol. The molecule has 0 aliphatic heterocycles. The number of aromatic nitrogens is 1. The minimum absolute atomic E-state index is 0.113. The van der Waals surface area contributed by atoms with Crippen molar-refractivity contribution in [3.8, 4) is 5.75 Å². The maximum absolute atomic E-state index is 12.1. The maximum Gasteiger partial charge on any atom is 0.228 e. The van der Waals surface area contributed by atoms with E-state index in [1.807, 2.05) is 24.3 Å². The SMILES string of the molecule is COc1ccccc1CC(=O)Nc1ccc2ncoc2c1. The summed E-state index contributed by atoms with van der Waals surface area (Å²) in [6.07, 6.45) is 1.63. The molecule has 0 bridgehead atoms. The number of oxazole rings is 1. The number of anilines is 1. The Hall–Kier alpha value is -2.82. The molecule has 0 atom stereocenters. The van der Waals surface area contributed by atoms with Crippen LogP contribution in [0, 0.1) is 0 Å². The summed E-state index contributed by atoms with van der Waals surface area (Å²) in [5.41, 5.74) is 2.93. The van der Waals surface area contributed by atoms with Gasteiger partial charge in [-0.3, -0.25) is 4.79 Å². The van der Waals surface area contributed by atoms with Crippen LogP contribution in [0.5, 0.6) is 5.75 Å². The summed E-state index contributed by atoms with van der Waals surface area (Å²) in [7, 11) is 1.59. The van der Waals surface area contributed by atoms with Gasteiger partial charge in [0.05, 0.1) is 13.5 Å². The van der Waals surface area contributed by atoms with Crippen LogP contribution in [0.1, 0.15) is 5.56 Å². The molecule has 1 N–H and O–H groups in total. The summed E-state index contributed by atoms with van der Waals surface area (Å²) in [5, 5.41) is 2.84. The molecule has 0 saturated carbocycles. The topological polar surface area (TPSA) is 64.4 Å². The number of hydrogen-bond acceptors (Lipinski definition) is 4. The number of rotatable bonds is 4. The zero-order valence-corrected chi connectivity index (χ0v) is 11.5. The van der Waals surface area contributed by atoms with Crippen molar-refractivity contribution in [1.29, 1.82) is 0 Å². The number of methoxy groups -OCH3 is 1. The van der Waals surface area contributed by atoms with Crippen LogP contribution >= 0.6 is 0 Å². The van der Waals surface area contributed by atoms with Gasteiger partial charge in [-0.15, -0.1) is 0 Å². The summed E-state index contributed by atoms with van der Waals surface area (Å²) in [6, 6.07) is 12.8. The molecule has 0 radical (unpaired) electrons. The third kappa shape index (κ3) is 2.86. The van der Waals surface area contributed by atoms with Crippen LogP contribution in [0.25, 0.3) is 11.1 Å². The highest BCUT2D eigenvalue weighted by molar-refractivity contribution is 5.94. The third-order valence-electron chi connectivity index (χ3n) is 3.16. The van der Waals surface area contributed by atoms with Crippen molar-refractivity contribution in [2.24, 2.45) is 0 Å². The molecule has 0 unspecified atom stereocenters. The van der Waals surface area contributed by atoms with Gasteiger partial charge in [-0.25, -0.2) is 4.98 Å². The van der Waals surface area contributed by atoms with Gasteiger partial charge in [-0.2, -0.15) is 0 Å². The summed E-state index contributed by atoms with van der Waals surface area (Å²) in [5.74, 6) is 0.594. The molecular weight excluding hydrogens is 268 g/mol. The lowest BCUT2D eigenvalue weighted by Gasteiger charge is -2.08. The van der Waals surface area contributed by atoms with Gasteiger partial charge in [0.2, 0.25) is 5.91 Å². The molecule has 2 aromatic carbocycles. The van der Waals surface area contributed by atoms with E-state index in [1.54, 1.807) is 25.3 Å². The van der Waals surface area contributed by atoms with Crippen molar-refractivity contribution in [2.75, 3.05) is 12.4 Å². The molecule has 0 aliphatic rings. The number of amides is 1. The lowest BCUT2D eigenvalue weighted by atomic mass is 10.1. The van der Waals surface area contributed by atoms with Gasteiger partial charge in [0, 0.05) is 17.3 Å². The van der Waals surface area contributed by atoms with Crippen LogP contribution < -0.4 is 10.1 Å². The lowest BCUT2D eigenvalue weighted by Crippen LogP contribution is -2.14. The van der Waals surface area contributed by atoms with Crippen molar-refractivity contribution in [3.05, 3.63) is 54.4 Å². The zero-order chi connectivity index (χ0) is 14.7. The normalized spacial score (nSPS) is 10.5. The fourth-order valence-electron chi connectivity index (χ4n) is 2.16. The number of para-hydroxylation sites is 1. The first-order valence-corrected chi connectivity index (χ1v) is 6.51. The summed E-state index contributed by atoms with van der Waals surface area (Å²) in [6.45, 7) is 0. The second-order valence-corrected chi connectivity index (χ2v) is 4.57. The number of carbonyl (C=O) groups is 1. The van der Waals surface area contributed by atoms with E-state index < -0.39 is 0 Å². The van der Waals surface area contributed by atoms with Crippen LogP contribution in [0.2, 0.25) is 0 Å². The molecule has 1 heterocycles. The molecule has 1 aromatic heterocycles. The van der Waals surface area contributed by atoms with Gasteiger partial charge < -0.3 is 14.5 Å². The lowest BCUT2D eigenvalue weighted by molar-refractivity contribution is -0.115.